The predicted octanol–water partition coefficient (Wildman–Crippen LogP) is 4.49. The molecule has 0 heterocycles. The van der Waals surface area contributed by atoms with Gasteiger partial charge in [-0.05, 0) is 49.2 Å². The SMILES string of the molecule is CCC(CC)COC(=O)[C@H](C)N/N=[P+](\[O-])Oc1ccc(Oc2ccc([N+](=O)[O-])cc2)cc1. The first-order valence-electron chi connectivity index (χ1n) is 10.1. The number of rotatable bonds is 12. The number of benzene rings is 2. The molecule has 0 fully saturated rings. The summed E-state index contributed by atoms with van der Waals surface area (Å²) in [4.78, 5) is 37.8. The van der Waals surface area contributed by atoms with Crippen LogP contribution in [0.15, 0.2) is 53.4 Å². The Morgan fingerprint density at radius 3 is 2.12 bits per heavy atom. The van der Waals surface area contributed by atoms with Crippen LogP contribution in [0.1, 0.15) is 33.6 Å². The lowest BCUT2D eigenvalue weighted by molar-refractivity contribution is -0.384. The molecule has 0 amide bonds. The second kappa shape index (κ2) is 12.7. The minimum Gasteiger partial charge on any atom is -0.574 e. The number of non-ortho nitro benzene ring substituents is 1. The van der Waals surface area contributed by atoms with Crippen LogP contribution in [-0.4, -0.2) is 23.5 Å². The fourth-order valence-corrected chi connectivity index (χ4v) is 3.10. The quantitative estimate of drug-likeness (QED) is 0.210. The Kier molecular flexibility index (Phi) is 10.0. The Bertz CT molecular complexity index is 916. The molecule has 0 aliphatic carbocycles. The van der Waals surface area contributed by atoms with Gasteiger partial charge < -0.3 is 14.4 Å². The van der Waals surface area contributed by atoms with E-state index in [1.165, 1.54) is 36.4 Å². The molecule has 2 atom stereocenters. The summed E-state index contributed by atoms with van der Waals surface area (Å²) < 4.78 is 16.1. The Morgan fingerprint density at radius 2 is 1.59 bits per heavy atom. The molecule has 1 N–H and O–H groups in total. The maximum atomic E-state index is 12.0. The number of nitrogens with one attached hydrogen (secondary N) is 1. The van der Waals surface area contributed by atoms with Crippen molar-refractivity contribution in [3.63, 3.8) is 0 Å². The van der Waals surface area contributed by atoms with Crippen LogP contribution in [0.3, 0.4) is 0 Å². The molecule has 2 rings (SSSR count). The van der Waals surface area contributed by atoms with E-state index in [9.17, 15) is 19.8 Å². The second-order valence-electron chi connectivity index (χ2n) is 6.92. The standard InChI is InChI=1S/C21H26N3O7P/c1-4-16(5-2)14-29-21(25)15(3)22-23-32(28)31-20-12-10-19(11-13-20)30-18-8-6-17(7-9-18)24(26)27/h6-13,15-16,22H,4-5,14H2,1-3H3/t15-/m0/s1. The van der Waals surface area contributed by atoms with Gasteiger partial charge in [-0.3, -0.25) is 19.4 Å². The number of carbonyl (C=O) groups excluding carboxylic acids is 1. The van der Waals surface area contributed by atoms with Gasteiger partial charge in [0.2, 0.25) is 0 Å². The summed E-state index contributed by atoms with van der Waals surface area (Å²) in [6.45, 7) is 5.98. The summed E-state index contributed by atoms with van der Waals surface area (Å²) in [6, 6.07) is 11.2. The van der Waals surface area contributed by atoms with Crippen LogP contribution in [-0.2, 0) is 9.53 Å². The first-order valence-corrected chi connectivity index (χ1v) is 11.3. The van der Waals surface area contributed by atoms with Gasteiger partial charge in [0, 0.05) is 17.0 Å². The van der Waals surface area contributed by atoms with Crippen LogP contribution >= 0.6 is 8.17 Å². The minimum atomic E-state index is -2.46. The van der Waals surface area contributed by atoms with Gasteiger partial charge in [-0.2, -0.15) is 5.43 Å². The van der Waals surface area contributed by atoms with E-state index in [4.69, 9.17) is 14.0 Å². The molecule has 0 saturated carbocycles. The fourth-order valence-electron chi connectivity index (χ4n) is 2.49. The summed E-state index contributed by atoms with van der Waals surface area (Å²) in [6.07, 6.45) is 1.85. The Morgan fingerprint density at radius 1 is 1.06 bits per heavy atom. The third-order valence-electron chi connectivity index (χ3n) is 4.59. The van der Waals surface area contributed by atoms with E-state index in [0.717, 1.165) is 12.8 Å². The first-order chi connectivity index (χ1) is 15.3. The number of nitrogens with zero attached hydrogens (tertiary/aromatic N) is 2. The molecule has 32 heavy (non-hydrogen) atoms. The number of ether oxygens (including phenoxy) is 2. The third kappa shape index (κ3) is 8.22. The smallest absolute Gasteiger partial charge is 0.412 e. The summed E-state index contributed by atoms with van der Waals surface area (Å²) in [5.41, 5.74) is 2.46. The highest BCUT2D eigenvalue weighted by Gasteiger charge is 2.17. The first kappa shape index (κ1) is 25.2. The molecule has 0 aliphatic heterocycles. The second-order valence-corrected chi connectivity index (χ2v) is 7.78. The Hall–Kier alpha value is -3.07. The van der Waals surface area contributed by atoms with Crippen molar-refractivity contribution in [1.29, 1.82) is 0 Å². The van der Waals surface area contributed by atoms with Crippen LogP contribution in [0.25, 0.3) is 0 Å². The molecule has 2 aromatic rings. The normalized spacial score (nSPS) is 12.3. The van der Waals surface area contributed by atoms with Gasteiger partial charge in [0.15, 0.2) is 5.75 Å². The topological polar surface area (TPSA) is 135 Å². The zero-order chi connectivity index (χ0) is 23.5. The lowest BCUT2D eigenvalue weighted by Crippen LogP contribution is -2.33. The van der Waals surface area contributed by atoms with Crippen molar-refractivity contribution in [1.82, 2.24) is 5.43 Å². The Labute approximate surface area is 187 Å². The molecule has 0 radical (unpaired) electrons. The lowest BCUT2D eigenvalue weighted by atomic mass is 10.1. The van der Waals surface area contributed by atoms with E-state index in [0.29, 0.717) is 24.0 Å². The van der Waals surface area contributed by atoms with Crippen molar-refractivity contribution in [2.45, 2.75) is 39.7 Å². The van der Waals surface area contributed by atoms with Gasteiger partial charge in [0.1, 0.15) is 17.5 Å². The molecule has 10 nitrogen and oxygen atoms in total. The van der Waals surface area contributed by atoms with Crippen LogP contribution in [0, 0.1) is 16.0 Å². The molecular weight excluding hydrogens is 437 g/mol. The number of carbonyl (C=O) groups is 1. The molecule has 0 spiro atoms. The van der Waals surface area contributed by atoms with E-state index in [1.807, 2.05) is 13.8 Å². The lowest BCUT2D eigenvalue weighted by Gasteiger charge is -2.14. The van der Waals surface area contributed by atoms with Gasteiger partial charge in [0.05, 0.1) is 11.5 Å². The van der Waals surface area contributed by atoms with Gasteiger partial charge in [0.25, 0.3) is 5.69 Å². The van der Waals surface area contributed by atoms with Crippen molar-refractivity contribution in [3.8, 4) is 17.2 Å². The van der Waals surface area contributed by atoms with Crippen molar-refractivity contribution in [2.24, 2.45) is 10.8 Å². The zero-order valence-electron chi connectivity index (χ0n) is 18.1. The number of hydrogen-bond acceptors (Lipinski definition) is 8. The molecule has 0 aliphatic rings. The minimum absolute atomic E-state index is 0.0315. The molecule has 0 bridgehead atoms. The molecule has 0 aromatic heterocycles. The third-order valence-corrected chi connectivity index (χ3v) is 5.24. The fraction of sp³-hybridized carbons (Fsp3) is 0.381. The van der Waals surface area contributed by atoms with E-state index < -0.39 is 25.1 Å². The molecular formula is C21H26N3O7P. The predicted molar refractivity (Wildman–Crippen MR) is 117 cm³/mol. The van der Waals surface area contributed by atoms with Gasteiger partial charge in [-0.15, -0.1) is 0 Å². The highest BCUT2D eigenvalue weighted by molar-refractivity contribution is 7.33. The van der Waals surface area contributed by atoms with Crippen LogP contribution in [0.4, 0.5) is 5.69 Å². The largest absolute Gasteiger partial charge is 0.574 e. The highest BCUT2D eigenvalue weighted by atomic mass is 31.1. The van der Waals surface area contributed by atoms with Crippen LogP contribution < -0.4 is 19.6 Å². The van der Waals surface area contributed by atoms with E-state index in [2.05, 4.69) is 10.3 Å². The number of hydrogen-bond donors (Lipinski definition) is 1. The van der Waals surface area contributed by atoms with Crippen molar-refractivity contribution < 1.29 is 28.6 Å². The van der Waals surface area contributed by atoms with E-state index in [1.54, 1.807) is 19.1 Å². The average molecular weight is 463 g/mol. The molecule has 1 unspecified atom stereocenters. The number of esters is 1. The summed E-state index contributed by atoms with van der Waals surface area (Å²) in [5.74, 6) is 1.02. The molecule has 0 saturated heterocycles. The van der Waals surface area contributed by atoms with E-state index in [-0.39, 0.29) is 11.4 Å². The monoisotopic (exact) mass is 463 g/mol. The molecule has 172 valence electrons. The van der Waals surface area contributed by atoms with Crippen molar-refractivity contribution >= 4 is 19.8 Å². The summed E-state index contributed by atoms with van der Waals surface area (Å²) >= 11 is 0. The highest BCUT2D eigenvalue weighted by Crippen LogP contribution is 2.28. The summed E-state index contributed by atoms with van der Waals surface area (Å²) in [5, 5.41) is 10.7. The Balaban J connectivity index is 1.83. The van der Waals surface area contributed by atoms with Gasteiger partial charge >= 0.3 is 14.1 Å². The molecule has 11 heteroatoms. The van der Waals surface area contributed by atoms with Crippen molar-refractivity contribution in [2.75, 3.05) is 6.61 Å². The molecule has 2 aromatic carbocycles. The number of nitro groups is 1. The van der Waals surface area contributed by atoms with Crippen molar-refractivity contribution in [3.05, 3.63) is 58.6 Å². The zero-order valence-corrected chi connectivity index (χ0v) is 19.0. The van der Waals surface area contributed by atoms with Crippen LogP contribution in [0.5, 0.6) is 17.2 Å². The average Bonchev–Trinajstić information content (AvgIpc) is 2.79. The number of nitro benzene ring substituents is 1. The maximum Gasteiger partial charge on any atom is 0.412 e. The van der Waals surface area contributed by atoms with Gasteiger partial charge in [-0.25, -0.2) is 0 Å². The van der Waals surface area contributed by atoms with E-state index >= 15 is 0 Å². The van der Waals surface area contributed by atoms with Gasteiger partial charge in [-0.1, -0.05) is 26.7 Å². The summed E-state index contributed by atoms with van der Waals surface area (Å²) in [7, 11) is -2.46. The van der Waals surface area contributed by atoms with Crippen LogP contribution in [0.2, 0.25) is 0 Å². The maximum absolute atomic E-state index is 12.0.